The van der Waals surface area contributed by atoms with E-state index in [4.69, 9.17) is 4.74 Å². The zero-order chi connectivity index (χ0) is 11.9. The molecule has 1 aromatic carbocycles. The molecule has 0 amide bonds. The number of ether oxygens (including phenoxy) is 1. The van der Waals surface area contributed by atoms with E-state index < -0.39 is 7.12 Å². The van der Waals surface area contributed by atoms with Crippen molar-refractivity contribution in [1.82, 2.24) is 0 Å². The Kier molecular flexibility index (Phi) is 2.92. The van der Waals surface area contributed by atoms with Crippen molar-refractivity contribution in [2.45, 2.75) is 13.8 Å². The Hall–Kier alpha value is -1.04. The highest BCUT2D eigenvalue weighted by Gasteiger charge is 2.18. The van der Waals surface area contributed by atoms with Crippen LogP contribution in [0.3, 0.4) is 0 Å². The molecular formula is C11H13BO3S. The standard InChI is InChI=1S/C11H13BO3S/c1-6-4-9(15-3)11-8(7(6)2)5-10(16-11)12(13)14/h4-5,13-14H,1-3H3. The third-order valence-electron chi connectivity index (χ3n) is 2.79. The Bertz CT molecular complexity index is 533. The van der Waals surface area contributed by atoms with E-state index in [0.717, 1.165) is 27.0 Å². The second-order valence-electron chi connectivity index (χ2n) is 3.79. The molecule has 0 unspecified atom stereocenters. The Morgan fingerprint density at radius 2 is 1.94 bits per heavy atom. The number of thiophene rings is 1. The molecule has 1 aromatic heterocycles. The van der Waals surface area contributed by atoms with Crippen molar-refractivity contribution in [3.8, 4) is 5.75 Å². The van der Waals surface area contributed by atoms with E-state index in [9.17, 15) is 10.0 Å². The average molecular weight is 236 g/mol. The number of benzene rings is 1. The van der Waals surface area contributed by atoms with Crippen LogP contribution in [0.1, 0.15) is 11.1 Å². The average Bonchev–Trinajstić information content (AvgIpc) is 2.68. The molecule has 0 spiro atoms. The summed E-state index contributed by atoms with van der Waals surface area (Å²) < 4.78 is 6.81. The van der Waals surface area contributed by atoms with Crippen LogP contribution in [0.15, 0.2) is 12.1 Å². The number of aryl methyl sites for hydroxylation is 2. The molecule has 5 heteroatoms. The molecule has 0 aliphatic rings. The quantitative estimate of drug-likeness (QED) is 0.770. The maximum absolute atomic E-state index is 9.17. The van der Waals surface area contributed by atoms with E-state index in [-0.39, 0.29) is 0 Å². The largest absolute Gasteiger partial charge is 0.499 e. The Morgan fingerprint density at radius 3 is 2.50 bits per heavy atom. The van der Waals surface area contributed by atoms with Crippen LogP contribution in [0.2, 0.25) is 0 Å². The monoisotopic (exact) mass is 236 g/mol. The third kappa shape index (κ3) is 1.71. The van der Waals surface area contributed by atoms with Crippen LogP contribution < -0.4 is 9.51 Å². The van der Waals surface area contributed by atoms with E-state index in [1.165, 1.54) is 11.3 Å². The van der Waals surface area contributed by atoms with Crippen molar-refractivity contribution in [3.63, 3.8) is 0 Å². The van der Waals surface area contributed by atoms with Gasteiger partial charge < -0.3 is 14.8 Å². The van der Waals surface area contributed by atoms with Crippen molar-refractivity contribution >= 4 is 33.3 Å². The minimum absolute atomic E-state index is 0.544. The van der Waals surface area contributed by atoms with Crippen molar-refractivity contribution in [2.75, 3.05) is 7.11 Å². The molecule has 0 saturated carbocycles. The number of methoxy groups -OCH3 is 1. The van der Waals surface area contributed by atoms with Gasteiger partial charge in [-0.25, -0.2) is 0 Å². The highest BCUT2D eigenvalue weighted by Crippen LogP contribution is 2.34. The SMILES string of the molecule is COc1cc(C)c(C)c2cc(B(O)O)sc12. The van der Waals surface area contributed by atoms with Gasteiger partial charge in [-0.3, -0.25) is 0 Å². The predicted molar refractivity (Wildman–Crippen MR) is 67.7 cm³/mol. The fourth-order valence-electron chi connectivity index (χ4n) is 1.73. The lowest BCUT2D eigenvalue weighted by molar-refractivity contribution is 0.420. The highest BCUT2D eigenvalue weighted by atomic mass is 32.1. The number of fused-ring (bicyclic) bond motifs is 1. The van der Waals surface area contributed by atoms with E-state index in [2.05, 4.69) is 0 Å². The van der Waals surface area contributed by atoms with Crippen LogP contribution in [0, 0.1) is 13.8 Å². The van der Waals surface area contributed by atoms with Crippen LogP contribution in [0.25, 0.3) is 10.1 Å². The van der Waals surface area contributed by atoms with E-state index >= 15 is 0 Å². The van der Waals surface area contributed by atoms with Gasteiger partial charge in [0.2, 0.25) is 0 Å². The molecule has 84 valence electrons. The van der Waals surface area contributed by atoms with E-state index in [0.29, 0.717) is 4.78 Å². The van der Waals surface area contributed by atoms with E-state index in [1.807, 2.05) is 26.0 Å². The first kappa shape index (κ1) is 11.5. The Balaban J connectivity index is 2.78. The fourth-order valence-corrected chi connectivity index (χ4v) is 2.82. The summed E-state index contributed by atoms with van der Waals surface area (Å²) in [5.41, 5.74) is 2.29. The normalized spacial score (nSPS) is 10.8. The zero-order valence-electron chi connectivity index (χ0n) is 9.44. The lowest BCUT2D eigenvalue weighted by Crippen LogP contribution is -2.26. The smallest absolute Gasteiger partial charge is 0.495 e. The van der Waals surface area contributed by atoms with Crippen molar-refractivity contribution in [2.24, 2.45) is 0 Å². The second kappa shape index (κ2) is 4.09. The molecule has 3 nitrogen and oxygen atoms in total. The first-order chi connectivity index (χ1) is 7.54. The van der Waals surface area contributed by atoms with Gasteiger partial charge in [-0.05, 0) is 42.5 Å². The summed E-state index contributed by atoms with van der Waals surface area (Å²) in [6.07, 6.45) is 0. The van der Waals surface area contributed by atoms with Crippen LogP contribution in [0.5, 0.6) is 5.75 Å². The van der Waals surface area contributed by atoms with Gasteiger partial charge in [0, 0.05) is 4.78 Å². The molecule has 0 fully saturated rings. The van der Waals surface area contributed by atoms with Gasteiger partial charge in [-0.15, -0.1) is 11.3 Å². The van der Waals surface area contributed by atoms with Crippen molar-refractivity contribution in [3.05, 3.63) is 23.3 Å². The van der Waals surface area contributed by atoms with Gasteiger partial charge in [-0.2, -0.15) is 0 Å². The van der Waals surface area contributed by atoms with Crippen LogP contribution in [-0.2, 0) is 0 Å². The first-order valence-electron chi connectivity index (χ1n) is 4.98. The van der Waals surface area contributed by atoms with Crippen LogP contribution in [-0.4, -0.2) is 24.3 Å². The minimum Gasteiger partial charge on any atom is -0.495 e. The summed E-state index contributed by atoms with van der Waals surface area (Å²) in [5.74, 6) is 0.787. The fraction of sp³-hybridized carbons (Fsp3) is 0.273. The molecule has 0 aliphatic carbocycles. The molecule has 0 bridgehead atoms. The molecule has 0 aliphatic heterocycles. The molecule has 0 atom stereocenters. The van der Waals surface area contributed by atoms with Gasteiger partial charge in [-0.1, -0.05) is 0 Å². The minimum atomic E-state index is -1.41. The molecule has 16 heavy (non-hydrogen) atoms. The Labute approximate surface area is 98.4 Å². The molecular weight excluding hydrogens is 223 g/mol. The molecule has 0 saturated heterocycles. The summed E-state index contributed by atoms with van der Waals surface area (Å²) >= 11 is 1.35. The number of hydrogen-bond acceptors (Lipinski definition) is 4. The van der Waals surface area contributed by atoms with Gasteiger partial charge in [0.05, 0.1) is 11.8 Å². The summed E-state index contributed by atoms with van der Waals surface area (Å²) in [6.45, 7) is 4.04. The van der Waals surface area contributed by atoms with E-state index in [1.54, 1.807) is 7.11 Å². The number of rotatable bonds is 2. The first-order valence-corrected chi connectivity index (χ1v) is 5.80. The molecule has 2 rings (SSSR count). The number of hydrogen-bond donors (Lipinski definition) is 2. The zero-order valence-corrected chi connectivity index (χ0v) is 10.3. The highest BCUT2D eigenvalue weighted by molar-refractivity contribution is 7.28. The topological polar surface area (TPSA) is 49.7 Å². The third-order valence-corrected chi connectivity index (χ3v) is 3.98. The molecule has 0 radical (unpaired) electrons. The lowest BCUT2D eigenvalue weighted by atomic mass is 9.89. The maximum atomic E-state index is 9.17. The van der Waals surface area contributed by atoms with Gasteiger partial charge in [0.15, 0.2) is 0 Å². The Morgan fingerprint density at radius 1 is 1.25 bits per heavy atom. The summed E-state index contributed by atoms with van der Waals surface area (Å²) in [7, 11) is 0.208. The summed E-state index contributed by atoms with van der Waals surface area (Å²) in [5, 5.41) is 19.4. The maximum Gasteiger partial charge on any atom is 0.499 e. The molecule has 2 aromatic rings. The van der Waals surface area contributed by atoms with Crippen LogP contribution >= 0.6 is 11.3 Å². The summed E-state index contributed by atoms with van der Waals surface area (Å²) in [4.78, 5) is 0. The molecule has 1 heterocycles. The van der Waals surface area contributed by atoms with Crippen molar-refractivity contribution < 1.29 is 14.8 Å². The lowest BCUT2D eigenvalue weighted by Gasteiger charge is -2.06. The van der Waals surface area contributed by atoms with Crippen molar-refractivity contribution in [1.29, 1.82) is 0 Å². The molecule has 2 N–H and O–H groups in total. The summed E-state index contributed by atoms with van der Waals surface area (Å²) in [6, 6.07) is 3.79. The van der Waals surface area contributed by atoms with Gasteiger partial charge in [0.25, 0.3) is 0 Å². The predicted octanol–water partition coefficient (Wildman–Crippen LogP) is 1.21. The second-order valence-corrected chi connectivity index (χ2v) is 4.87. The van der Waals surface area contributed by atoms with Gasteiger partial charge in [0.1, 0.15) is 5.75 Å². The van der Waals surface area contributed by atoms with Crippen LogP contribution in [0.4, 0.5) is 0 Å². The van der Waals surface area contributed by atoms with Gasteiger partial charge >= 0.3 is 7.12 Å².